The number of rotatable bonds is 6. The largest absolute Gasteiger partial charge is 0.349 e. The summed E-state index contributed by atoms with van der Waals surface area (Å²) in [6.45, 7) is 5.84. The van der Waals surface area contributed by atoms with Crippen LogP contribution in [0, 0.1) is 13.8 Å². The van der Waals surface area contributed by atoms with Crippen LogP contribution >= 0.6 is 0 Å². The van der Waals surface area contributed by atoms with Crippen LogP contribution in [0.15, 0.2) is 48.5 Å². The quantitative estimate of drug-likeness (QED) is 0.753. The summed E-state index contributed by atoms with van der Waals surface area (Å²) in [7, 11) is 0. The molecular weight excluding hydrogens is 386 g/mol. The minimum absolute atomic E-state index is 0.0183. The molecule has 5 nitrogen and oxygen atoms in total. The van der Waals surface area contributed by atoms with Crippen molar-refractivity contribution in [2.75, 3.05) is 19.6 Å². The molecule has 0 aromatic heterocycles. The molecule has 0 spiro atoms. The third-order valence-electron chi connectivity index (χ3n) is 6.94. The highest BCUT2D eigenvalue weighted by Gasteiger charge is 2.35. The Labute approximate surface area is 185 Å². The lowest BCUT2D eigenvalue weighted by atomic mass is 9.80. The number of hydrogen-bond acceptors (Lipinski definition) is 3. The third-order valence-corrected chi connectivity index (χ3v) is 6.94. The van der Waals surface area contributed by atoms with E-state index < -0.39 is 0 Å². The zero-order valence-electron chi connectivity index (χ0n) is 18.6. The number of amides is 2. The van der Waals surface area contributed by atoms with Gasteiger partial charge in [0.2, 0.25) is 5.91 Å². The van der Waals surface area contributed by atoms with Gasteiger partial charge in [-0.05, 0) is 74.3 Å². The molecule has 2 aliphatic rings. The van der Waals surface area contributed by atoms with E-state index in [0.29, 0.717) is 17.5 Å². The zero-order chi connectivity index (χ0) is 21.8. The summed E-state index contributed by atoms with van der Waals surface area (Å²) in [6.07, 6.45) is 4.94. The highest BCUT2D eigenvalue weighted by atomic mass is 16.2. The smallest absolute Gasteiger partial charge is 0.251 e. The van der Waals surface area contributed by atoms with Crippen LogP contribution in [0.5, 0.6) is 0 Å². The van der Waals surface area contributed by atoms with Gasteiger partial charge in [0.25, 0.3) is 5.91 Å². The fraction of sp³-hybridized carbons (Fsp3) is 0.462. The summed E-state index contributed by atoms with van der Waals surface area (Å²) in [4.78, 5) is 27.0. The van der Waals surface area contributed by atoms with Crippen molar-refractivity contribution >= 4 is 11.8 Å². The van der Waals surface area contributed by atoms with Crippen LogP contribution in [-0.4, -0.2) is 48.4 Å². The van der Waals surface area contributed by atoms with Crippen LogP contribution in [0.1, 0.15) is 58.6 Å². The molecular formula is C26H33N3O2. The standard InChI is InChI=1S/C26H33N3O2/c1-18-8-9-22(14-19(18)2)26(31)27-15-25(30)28-23-16-29(17-23)24-12-10-21(11-13-24)20-6-4-3-5-7-20/h3-9,14,21,23-24H,10-13,15-17H2,1-2H3,(H,27,31)(H,28,30)/t21-,24+. The number of aryl methyl sites for hydroxylation is 2. The Bertz CT molecular complexity index is 914. The van der Waals surface area contributed by atoms with Crippen LogP contribution in [-0.2, 0) is 4.79 Å². The third kappa shape index (κ3) is 5.34. The molecule has 2 aromatic rings. The molecule has 2 amide bonds. The van der Waals surface area contributed by atoms with E-state index in [4.69, 9.17) is 0 Å². The highest BCUT2D eigenvalue weighted by Crippen LogP contribution is 2.35. The second-order valence-electron chi connectivity index (χ2n) is 9.12. The predicted octanol–water partition coefficient (Wildman–Crippen LogP) is 3.56. The van der Waals surface area contributed by atoms with Crippen molar-refractivity contribution in [2.45, 2.75) is 57.5 Å². The number of carbonyl (C=O) groups is 2. The van der Waals surface area contributed by atoms with Crippen molar-refractivity contribution in [1.29, 1.82) is 0 Å². The molecule has 0 unspecified atom stereocenters. The van der Waals surface area contributed by atoms with Gasteiger partial charge in [0.15, 0.2) is 0 Å². The first-order chi connectivity index (χ1) is 15.0. The van der Waals surface area contributed by atoms with Crippen molar-refractivity contribution in [1.82, 2.24) is 15.5 Å². The van der Waals surface area contributed by atoms with Gasteiger partial charge < -0.3 is 10.6 Å². The van der Waals surface area contributed by atoms with Crippen molar-refractivity contribution in [3.05, 3.63) is 70.8 Å². The van der Waals surface area contributed by atoms with Crippen LogP contribution in [0.4, 0.5) is 0 Å². The van der Waals surface area contributed by atoms with Crippen molar-refractivity contribution in [3.8, 4) is 0 Å². The number of nitrogens with zero attached hydrogens (tertiary/aromatic N) is 1. The summed E-state index contributed by atoms with van der Waals surface area (Å²) in [5.41, 5.74) is 4.29. The summed E-state index contributed by atoms with van der Waals surface area (Å²) in [6, 6.07) is 17.3. The predicted molar refractivity (Wildman–Crippen MR) is 123 cm³/mol. The molecule has 0 radical (unpaired) electrons. The maximum atomic E-state index is 12.3. The van der Waals surface area contributed by atoms with Crippen molar-refractivity contribution in [2.24, 2.45) is 0 Å². The van der Waals surface area contributed by atoms with Gasteiger partial charge in [0.1, 0.15) is 0 Å². The fourth-order valence-electron chi connectivity index (χ4n) is 4.83. The topological polar surface area (TPSA) is 61.4 Å². The maximum Gasteiger partial charge on any atom is 0.251 e. The van der Waals surface area contributed by atoms with Gasteiger partial charge >= 0.3 is 0 Å². The maximum absolute atomic E-state index is 12.3. The molecule has 2 fully saturated rings. The van der Waals surface area contributed by atoms with E-state index in [2.05, 4.69) is 45.9 Å². The van der Waals surface area contributed by atoms with Crippen LogP contribution in [0.3, 0.4) is 0 Å². The van der Waals surface area contributed by atoms with E-state index in [1.54, 1.807) is 6.07 Å². The summed E-state index contributed by atoms with van der Waals surface area (Å²) in [5.74, 6) is 0.369. The summed E-state index contributed by atoms with van der Waals surface area (Å²) < 4.78 is 0. The van der Waals surface area contributed by atoms with E-state index >= 15 is 0 Å². The first-order valence-corrected chi connectivity index (χ1v) is 11.4. The molecule has 164 valence electrons. The van der Waals surface area contributed by atoms with Crippen LogP contribution in [0.2, 0.25) is 0 Å². The first kappa shape index (κ1) is 21.6. The van der Waals surface area contributed by atoms with Crippen molar-refractivity contribution in [3.63, 3.8) is 0 Å². The zero-order valence-corrected chi connectivity index (χ0v) is 18.6. The molecule has 5 heteroatoms. The van der Waals surface area contributed by atoms with E-state index in [1.165, 1.54) is 31.2 Å². The van der Waals surface area contributed by atoms with Gasteiger partial charge in [0, 0.05) is 24.7 Å². The van der Waals surface area contributed by atoms with E-state index in [1.807, 2.05) is 26.0 Å². The van der Waals surface area contributed by atoms with E-state index in [-0.39, 0.29) is 24.4 Å². The van der Waals surface area contributed by atoms with Crippen LogP contribution in [0.25, 0.3) is 0 Å². The molecule has 1 aliphatic carbocycles. The lowest BCUT2D eigenvalue weighted by Gasteiger charge is -2.46. The summed E-state index contributed by atoms with van der Waals surface area (Å²) in [5, 5.41) is 5.78. The Kier molecular flexibility index (Phi) is 6.71. The minimum atomic E-state index is -0.205. The van der Waals surface area contributed by atoms with Gasteiger partial charge in [-0.15, -0.1) is 0 Å². The number of hydrogen-bond donors (Lipinski definition) is 2. The average molecular weight is 420 g/mol. The lowest BCUT2D eigenvalue weighted by Crippen LogP contribution is -2.63. The Hall–Kier alpha value is -2.66. The summed E-state index contributed by atoms with van der Waals surface area (Å²) >= 11 is 0. The molecule has 4 rings (SSSR count). The number of likely N-dealkylation sites (tertiary alicyclic amines) is 1. The molecule has 1 heterocycles. The number of benzene rings is 2. The Morgan fingerprint density at radius 1 is 0.935 bits per heavy atom. The van der Waals surface area contributed by atoms with Gasteiger partial charge in [-0.3, -0.25) is 14.5 Å². The van der Waals surface area contributed by atoms with Crippen LogP contribution < -0.4 is 10.6 Å². The second-order valence-corrected chi connectivity index (χ2v) is 9.12. The Morgan fingerprint density at radius 3 is 2.32 bits per heavy atom. The fourth-order valence-corrected chi connectivity index (χ4v) is 4.83. The van der Waals surface area contributed by atoms with Gasteiger partial charge in [0.05, 0.1) is 12.6 Å². The molecule has 0 bridgehead atoms. The molecule has 1 saturated carbocycles. The highest BCUT2D eigenvalue weighted by molar-refractivity contribution is 5.96. The van der Waals surface area contributed by atoms with E-state index in [0.717, 1.165) is 24.2 Å². The molecule has 2 aromatic carbocycles. The molecule has 1 saturated heterocycles. The SMILES string of the molecule is Cc1ccc(C(=O)NCC(=O)NC2CN([C@H]3CC[C@@H](c4ccccc4)CC3)C2)cc1C. The minimum Gasteiger partial charge on any atom is -0.349 e. The Morgan fingerprint density at radius 2 is 1.65 bits per heavy atom. The van der Waals surface area contributed by atoms with Gasteiger partial charge in [-0.2, -0.15) is 0 Å². The second kappa shape index (κ2) is 9.65. The number of carbonyl (C=O) groups excluding carboxylic acids is 2. The number of nitrogens with one attached hydrogen (secondary N) is 2. The lowest BCUT2D eigenvalue weighted by molar-refractivity contribution is -0.122. The Balaban J connectivity index is 1.14. The molecule has 1 aliphatic heterocycles. The van der Waals surface area contributed by atoms with Gasteiger partial charge in [-0.25, -0.2) is 0 Å². The first-order valence-electron chi connectivity index (χ1n) is 11.4. The monoisotopic (exact) mass is 419 g/mol. The normalized spacial score (nSPS) is 21.9. The van der Waals surface area contributed by atoms with Gasteiger partial charge in [-0.1, -0.05) is 36.4 Å². The molecule has 31 heavy (non-hydrogen) atoms. The van der Waals surface area contributed by atoms with Crippen molar-refractivity contribution < 1.29 is 9.59 Å². The average Bonchev–Trinajstić information content (AvgIpc) is 2.77. The molecule has 2 N–H and O–H groups in total. The molecule has 0 atom stereocenters. The van der Waals surface area contributed by atoms with E-state index in [9.17, 15) is 9.59 Å².